The number of β-amino-alcohol motifs (C(OH)–C–C–N with tert-alkyl or cyclic N) is 1. The Morgan fingerprint density at radius 1 is 0.407 bits per heavy atom. The van der Waals surface area contributed by atoms with E-state index >= 15 is 0 Å². The third-order valence-corrected chi connectivity index (χ3v) is 20.6. The van der Waals surface area contributed by atoms with Crippen molar-refractivity contribution >= 4 is 98.1 Å². The molecule has 7 N–H and O–H groups in total. The lowest BCUT2D eigenvalue weighted by molar-refractivity contribution is -0.136. The molecule has 0 saturated carbocycles. The van der Waals surface area contributed by atoms with Crippen LogP contribution >= 0.6 is 11.6 Å². The van der Waals surface area contributed by atoms with Crippen LogP contribution in [0.3, 0.4) is 0 Å². The van der Waals surface area contributed by atoms with Gasteiger partial charge in [0.2, 0.25) is 0 Å². The Morgan fingerprint density at radius 3 is 1.03 bits per heavy atom. The first-order valence-electron chi connectivity index (χ1n) is 37.7. The molecule has 0 bridgehead atoms. The highest BCUT2D eigenvalue weighted by Gasteiger charge is 2.32. The number of halogens is 1. The Kier molecular flexibility index (Phi) is 23.3. The van der Waals surface area contributed by atoms with Gasteiger partial charge in [0.15, 0.2) is 16.9 Å². The molecule has 3 aliphatic rings. The average Bonchev–Trinajstić information content (AvgIpc) is 1.62. The summed E-state index contributed by atoms with van der Waals surface area (Å²) in [5.41, 5.74) is 31.1. The number of aliphatic hydroxyl groups is 1. The normalized spacial score (nSPS) is 14.1. The number of hydrogen-bond donors (Lipinski definition) is 4. The maximum Gasteiger partial charge on any atom is 0.253 e. The molecule has 584 valence electrons. The van der Waals surface area contributed by atoms with Crippen molar-refractivity contribution in [2.45, 2.75) is 6.10 Å². The summed E-state index contributed by atoms with van der Waals surface area (Å²) in [6.45, 7) is 28.9. The molecular formula is C91H77ClN20O6. The molecule has 17 rings (SSSR count). The number of para-hydroxylation sites is 2. The highest BCUT2D eigenvalue weighted by molar-refractivity contribution is 6.30. The van der Waals surface area contributed by atoms with Gasteiger partial charge in [-0.1, -0.05) is 121 Å². The van der Waals surface area contributed by atoms with E-state index in [4.69, 9.17) is 58.0 Å². The number of likely N-dealkylation sites (tertiary alicyclic amines) is 1. The van der Waals surface area contributed by atoms with Gasteiger partial charge in [-0.25, -0.2) is 44.4 Å². The molecule has 0 aliphatic carbocycles. The first-order chi connectivity index (χ1) is 57.4. The van der Waals surface area contributed by atoms with Gasteiger partial charge in [-0.05, 0) is 163 Å². The first-order valence-corrected chi connectivity index (χ1v) is 38.1. The van der Waals surface area contributed by atoms with Gasteiger partial charge in [-0.3, -0.25) is 14.4 Å². The quantitative estimate of drug-likeness (QED) is 0.0516. The first kappa shape index (κ1) is 78.2. The van der Waals surface area contributed by atoms with E-state index in [1.54, 1.807) is 28.0 Å². The SMILES string of the molecule is [C-]#[N+]/C(=C\c1cccc(-n2cc(-c3ccc(Cl)cc3)c3c(N)ncnc32)c1)C(=O)N1CCN(C)CC1.[C-]#[N+]/C(=C\c1cccc(-n2cc(-c3ccc(Oc4ccccc4)cc3)c3c(N)ncnc32)c1)C(=O)N1CC(O)C1.[C-]#[N+]/C(=C\c1cccc(-n2cc(-c3ccc(Oc4ccccc4)cc3)c3c(N)ncnc32)c1)C(=O)N1CCN(C)CC1. The van der Waals surface area contributed by atoms with E-state index in [0.717, 1.165) is 116 Å². The van der Waals surface area contributed by atoms with Gasteiger partial charge < -0.3 is 70.0 Å². The van der Waals surface area contributed by atoms with Crippen LogP contribution in [0.2, 0.25) is 5.02 Å². The Balaban J connectivity index is 0.000000139. The minimum absolute atomic E-state index is 0.00789. The van der Waals surface area contributed by atoms with Crippen LogP contribution < -0.4 is 26.7 Å². The molecule has 26 nitrogen and oxygen atoms in total. The van der Waals surface area contributed by atoms with Crippen molar-refractivity contribution in [2.24, 2.45) is 0 Å². The van der Waals surface area contributed by atoms with Crippen molar-refractivity contribution in [3.63, 3.8) is 0 Å². The Morgan fingerprint density at radius 2 is 0.712 bits per heavy atom. The molecule has 3 aliphatic heterocycles. The Labute approximate surface area is 684 Å². The summed E-state index contributed by atoms with van der Waals surface area (Å²) in [5.74, 6) is 3.20. The predicted molar refractivity (Wildman–Crippen MR) is 459 cm³/mol. The smallest absolute Gasteiger partial charge is 0.253 e. The topological polar surface area (TPSA) is 289 Å². The summed E-state index contributed by atoms with van der Waals surface area (Å²) >= 11 is 6.09. The molecule has 3 amide bonds. The molecule has 27 heteroatoms. The molecule has 0 spiro atoms. The fourth-order valence-corrected chi connectivity index (χ4v) is 14.2. The van der Waals surface area contributed by atoms with Gasteiger partial charge in [0.1, 0.15) is 59.4 Å². The van der Waals surface area contributed by atoms with Crippen molar-refractivity contribution in [3.05, 3.63) is 317 Å². The van der Waals surface area contributed by atoms with Crippen molar-refractivity contribution in [1.29, 1.82) is 0 Å². The summed E-state index contributed by atoms with van der Waals surface area (Å²) in [6, 6.07) is 65.0. The van der Waals surface area contributed by atoms with E-state index in [-0.39, 0.29) is 47.9 Å². The zero-order valence-corrected chi connectivity index (χ0v) is 64.9. The molecule has 0 unspecified atom stereocenters. The predicted octanol–water partition coefficient (Wildman–Crippen LogP) is 14.8. The molecule has 9 heterocycles. The fraction of sp³-hybridized carbons (Fsp3) is 0.143. The highest BCUT2D eigenvalue weighted by atomic mass is 35.5. The Hall–Kier alpha value is -15.1. The second kappa shape index (κ2) is 35.1. The second-order valence-corrected chi connectivity index (χ2v) is 28.7. The molecule has 8 aromatic carbocycles. The number of nitrogens with zero attached hydrogens (tertiary/aromatic N) is 17. The van der Waals surface area contributed by atoms with Crippen molar-refractivity contribution < 1.29 is 29.0 Å². The lowest BCUT2D eigenvalue weighted by atomic mass is 10.1. The lowest BCUT2D eigenvalue weighted by Gasteiger charge is -2.35. The minimum atomic E-state index is -0.530. The average molecular weight is 1580 g/mol. The summed E-state index contributed by atoms with van der Waals surface area (Å²) in [4.78, 5) is 84.8. The number of piperazine rings is 2. The number of amides is 3. The van der Waals surface area contributed by atoms with Crippen molar-refractivity contribution in [3.8, 4) is 73.4 Å². The zero-order valence-electron chi connectivity index (χ0n) is 64.2. The van der Waals surface area contributed by atoms with Gasteiger partial charge in [0, 0.05) is 123 Å². The Bertz CT molecular complexity index is 6320. The number of nitrogens with two attached hydrogens (primary N) is 3. The van der Waals surface area contributed by atoms with Gasteiger partial charge in [0.05, 0.1) is 42.0 Å². The number of carbonyl (C=O) groups is 3. The van der Waals surface area contributed by atoms with E-state index in [9.17, 15) is 19.5 Å². The van der Waals surface area contributed by atoms with Gasteiger partial charge in [-0.15, -0.1) is 0 Å². The summed E-state index contributed by atoms with van der Waals surface area (Å²) in [7, 11) is 4.06. The van der Waals surface area contributed by atoms with E-state index in [0.29, 0.717) is 82.3 Å². The molecule has 6 aromatic heterocycles. The third-order valence-electron chi connectivity index (χ3n) is 20.4. The maximum atomic E-state index is 13.1. The van der Waals surface area contributed by atoms with Crippen molar-refractivity contribution in [1.82, 2.24) is 68.1 Å². The van der Waals surface area contributed by atoms with Crippen molar-refractivity contribution in [2.75, 3.05) is 96.7 Å². The molecule has 0 radical (unpaired) electrons. The highest BCUT2D eigenvalue weighted by Crippen LogP contribution is 2.40. The van der Waals surface area contributed by atoms with Crippen LogP contribution in [0.4, 0.5) is 17.5 Å². The summed E-state index contributed by atoms with van der Waals surface area (Å²) < 4.78 is 17.7. The number of likely N-dealkylation sites (N-methyl/N-ethyl adjacent to an activating group) is 2. The molecule has 118 heavy (non-hydrogen) atoms. The van der Waals surface area contributed by atoms with Crippen LogP contribution in [0.25, 0.3) is 116 Å². The van der Waals surface area contributed by atoms with E-state index < -0.39 is 6.10 Å². The number of carbonyl (C=O) groups excluding carboxylic acids is 3. The number of aliphatic hydroxyl groups excluding tert-OH is 1. The molecule has 3 saturated heterocycles. The number of aromatic nitrogens is 9. The minimum Gasteiger partial charge on any atom is -0.457 e. The van der Waals surface area contributed by atoms with Gasteiger partial charge >= 0.3 is 0 Å². The maximum absolute atomic E-state index is 13.1. The van der Waals surface area contributed by atoms with Crippen LogP contribution in [0, 0.1) is 19.7 Å². The largest absolute Gasteiger partial charge is 0.457 e. The molecular weight excluding hydrogens is 1500 g/mol. The van der Waals surface area contributed by atoms with Crippen LogP contribution in [-0.4, -0.2) is 177 Å². The third kappa shape index (κ3) is 17.3. The number of ether oxygens (including phenoxy) is 2. The molecule has 14 aromatic rings. The summed E-state index contributed by atoms with van der Waals surface area (Å²) in [6.07, 6.45) is 14.5. The zero-order chi connectivity index (χ0) is 81.9. The number of hydrogen-bond acceptors (Lipinski definition) is 17. The monoisotopic (exact) mass is 1580 g/mol. The van der Waals surface area contributed by atoms with E-state index in [1.165, 1.54) is 23.9 Å². The molecule has 0 atom stereocenters. The number of rotatable bonds is 16. The number of benzene rings is 8. The fourth-order valence-electron chi connectivity index (χ4n) is 14.1. The van der Waals surface area contributed by atoms with Crippen LogP contribution in [0.1, 0.15) is 16.7 Å². The molecule has 3 fully saturated rings. The second-order valence-electron chi connectivity index (χ2n) is 28.3. The van der Waals surface area contributed by atoms with Crippen LogP contribution in [-0.2, 0) is 14.4 Å². The van der Waals surface area contributed by atoms with Crippen LogP contribution in [0.5, 0.6) is 23.0 Å². The van der Waals surface area contributed by atoms with Crippen LogP contribution in [0.15, 0.2) is 261 Å². The van der Waals surface area contributed by atoms with Gasteiger partial charge in [-0.2, -0.15) is 0 Å². The van der Waals surface area contributed by atoms with Gasteiger partial charge in [0.25, 0.3) is 34.8 Å². The lowest BCUT2D eigenvalue weighted by Crippen LogP contribution is -2.53. The standard InChI is InChI=1S/C33H29N7O2.C31H24N6O3.C27H24ClN7O/c1-35-29(33(41)39-17-15-38(2)16-18-39)20-23-7-6-8-25(19-23)40-21-28(30-31(34)36-22-37-32(30)40)24-11-13-27(14-12-24)42-26-9-4-3-5-10-26;1-33-27(31(39)36-16-23(38)17-36)15-20-6-5-7-22(14-20)37-18-26(28-29(32)34-19-35-30(28)37)21-10-12-25(13-11-21)40-24-8-3-2-4-9-24;1-30-23(27(36)34-12-10-33(2)11-13-34)15-18-4-3-5-21(14-18)35-16-22(19-6-8-20(28)9-7-19)24-25(29)31-17-32-26(24)35/h3-14,19-22H,15-18H2,2H3,(H2,34,36,37);2-15,18-19,23,38H,16-17H2,(H2,32,34,35);3-9,14-17H,10-13H2,2H3,(H2,29,31,32)/b29-20-;27-15-;23-15-. The van der Waals surface area contributed by atoms with E-state index in [2.05, 4.69) is 54.2 Å². The number of anilines is 3. The van der Waals surface area contributed by atoms with E-state index in [1.807, 2.05) is 253 Å². The number of fused-ring (bicyclic) bond motifs is 3. The summed E-state index contributed by atoms with van der Waals surface area (Å²) in [5, 5.41) is 12.4. The number of nitrogen functional groups attached to an aromatic ring is 3.